The third-order valence-corrected chi connectivity index (χ3v) is 4.75. The Balaban J connectivity index is 1.68. The molecule has 0 saturated carbocycles. The molecule has 0 aliphatic carbocycles. The number of piperazine rings is 1. The van der Waals surface area contributed by atoms with E-state index in [4.69, 9.17) is 5.53 Å². The van der Waals surface area contributed by atoms with Crippen LogP contribution in [0.5, 0.6) is 0 Å². The van der Waals surface area contributed by atoms with Crippen LogP contribution in [-0.2, 0) is 0 Å². The van der Waals surface area contributed by atoms with Crippen LogP contribution in [0, 0.1) is 26.3 Å². The number of hydrogen-bond donors (Lipinski definition) is 2. The third-order valence-electron chi connectivity index (χ3n) is 4.75. The van der Waals surface area contributed by atoms with Crippen molar-refractivity contribution in [3.8, 4) is 0 Å². The standard InChI is InChI=1S/C19H24N6O/c1-13-4-6-17(14(2)12-13)24-8-10-25(11-9-24)19(26)16-5-7-18(22-23-20)21-15(16)3/h4-7,12H,8-11H2,1-3H3,(H2,20,21,22). The molecule has 136 valence electrons. The molecule has 0 spiro atoms. The van der Waals surface area contributed by atoms with Gasteiger partial charge < -0.3 is 9.80 Å². The van der Waals surface area contributed by atoms with Crippen molar-refractivity contribution in [3.63, 3.8) is 0 Å². The Morgan fingerprint density at radius 1 is 1.12 bits per heavy atom. The van der Waals surface area contributed by atoms with Gasteiger partial charge >= 0.3 is 0 Å². The van der Waals surface area contributed by atoms with Crippen molar-refractivity contribution in [1.29, 1.82) is 5.53 Å². The van der Waals surface area contributed by atoms with Gasteiger partial charge in [0, 0.05) is 31.9 Å². The minimum atomic E-state index is 0.00430. The van der Waals surface area contributed by atoms with Crippen LogP contribution in [0.4, 0.5) is 11.5 Å². The Morgan fingerprint density at radius 3 is 2.46 bits per heavy atom. The molecule has 1 fully saturated rings. The number of nitrogens with zero attached hydrogens (tertiary/aromatic N) is 4. The topological polar surface area (TPSA) is 84.7 Å². The summed E-state index contributed by atoms with van der Waals surface area (Å²) in [4.78, 5) is 21.3. The van der Waals surface area contributed by atoms with Crippen molar-refractivity contribution in [3.05, 3.63) is 52.7 Å². The van der Waals surface area contributed by atoms with Crippen LogP contribution >= 0.6 is 0 Å². The van der Waals surface area contributed by atoms with Gasteiger partial charge in [-0.25, -0.2) is 10.4 Å². The van der Waals surface area contributed by atoms with E-state index in [0.29, 0.717) is 30.2 Å². The van der Waals surface area contributed by atoms with E-state index in [1.54, 1.807) is 19.1 Å². The first-order valence-electron chi connectivity index (χ1n) is 8.71. The summed E-state index contributed by atoms with van der Waals surface area (Å²) in [6.07, 6.45) is 0. The summed E-state index contributed by atoms with van der Waals surface area (Å²) in [6, 6.07) is 9.91. The average molecular weight is 352 g/mol. The molecule has 1 aromatic carbocycles. The molecule has 2 aromatic rings. The van der Waals surface area contributed by atoms with Crippen molar-refractivity contribution < 1.29 is 4.79 Å². The van der Waals surface area contributed by atoms with Gasteiger partial charge in [0.05, 0.1) is 11.3 Å². The molecule has 26 heavy (non-hydrogen) atoms. The number of hydrogen-bond acceptors (Lipinski definition) is 5. The van der Waals surface area contributed by atoms with E-state index in [1.807, 2.05) is 4.90 Å². The fourth-order valence-corrected chi connectivity index (χ4v) is 3.39. The number of pyridine rings is 1. The Bertz CT molecular complexity index is 827. The lowest BCUT2D eigenvalue weighted by atomic mass is 10.1. The van der Waals surface area contributed by atoms with Crippen LogP contribution in [0.2, 0.25) is 0 Å². The van der Waals surface area contributed by atoms with E-state index < -0.39 is 0 Å². The Hall–Kier alpha value is -2.96. The number of aryl methyl sites for hydroxylation is 3. The molecule has 1 aliphatic rings. The summed E-state index contributed by atoms with van der Waals surface area (Å²) in [5, 5.41) is 3.10. The average Bonchev–Trinajstić information content (AvgIpc) is 2.62. The fraction of sp³-hybridized carbons (Fsp3) is 0.368. The lowest BCUT2D eigenvalue weighted by Gasteiger charge is -2.37. The zero-order valence-electron chi connectivity index (χ0n) is 15.4. The molecule has 2 heterocycles. The quantitative estimate of drug-likeness (QED) is 0.653. The maximum Gasteiger partial charge on any atom is 0.255 e. The predicted molar refractivity (Wildman–Crippen MR) is 102 cm³/mol. The van der Waals surface area contributed by atoms with E-state index in [2.05, 4.69) is 52.6 Å². The molecule has 0 bridgehead atoms. The van der Waals surface area contributed by atoms with E-state index in [0.717, 1.165) is 13.1 Å². The molecule has 1 amide bonds. The second-order valence-electron chi connectivity index (χ2n) is 6.62. The van der Waals surface area contributed by atoms with E-state index >= 15 is 0 Å². The number of anilines is 2. The van der Waals surface area contributed by atoms with Gasteiger partial charge in [-0.3, -0.25) is 4.79 Å². The number of rotatable bonds is 4. The number of aromatic nitrogens is 1. The SMILES string of the molecule is Cc1ccc(N2CCN(C(=O)c3ccc(NN=N)nc3C)CC2)c(C)c1. The molecular weight excluding hydrogens is 328 g/mol. The number of amides is 1. The fourth-order valence-electron chi connectivity index (χ4n) is 3.39. The largest absolute Gasteiger partial charge is 0.368 e. The summed E-state index contributed by atoms with van der Waals surface area (Å²) in [5.41, 5.74) is 14.3. The van der Waals surface area contributed by atoms with E-state index in [9.17, 15) is 4.79 Å². The summed E-state index contributed by atoms with van der Waals surface area (Å²) >= 11 is 0. The first-order valence-corrected chi connectivity index (χ1v) is 8.71. The lowest BCUT2D eigenvalue weighted by Crippen LogP contribution is -2.49. The van der Waals surface area contributed by atoms with Crippen molar-refractivity contribution in [2.24, 2.45) is 5.22 Å². The highest BCUT2D eigenvalue weighted by atomic mass is 16.2. The van der Waals surface area contributed by atoms with Crippen molar-refractivity contribution >= 4 is 17.4 Å². The molecule has 0 unspecified atom stereocenters. The van der Waals surface area contributed by atoms with E-state index in [-0.39, 0.29) is 5.91 Å². The molecule has 0 radical (unpaired) electrons. The Labute approximate surface area is 153 Å². The number of carbonyl (C=O) groups excluding carboxylic acids is 1. The molecule has 7 heteroatoms. The first kappa shape index (κ1) is 17.8. The van der Waals surface area contributed by atoms with Gasteiger partial charge in [-0.1, -0.05) is 22.9 Å². The Morgan fingerprint density at radius 2 is 1.85 bits per heavy atom. The van der Waals surface area contributed by atoms with Crippen LogP contribution in [-0.4, -0.2) is 42.0 Å². The normalized spacial score (nSPS) is 14.3. The number of benzene rings is 1. The smallest absolute Gasteiger partial charge is 0.255 e. The second-order valence-corrected chi connectivity index (χ2v) is 6.62. The van der Waals surface area contributed by atoms with Gasteiger partial charge in [-0.2, -0.15) is 5.53 Å². The molecule has 2 N–H and O–H groups in total. The molecule has 7 nitrogen and oxygen atoms in total. The first-order chi connectivity index (χ1) is 12.5. The summed E-state index contributed by atoms with van der Waals surface area (Å²) in [6.45, 7) is 9.05. The van der Waals surface area contributed by atoms with Gasteiger partial charge in [0.1, 0.15) is 5.82 Å². The maximum atomic E-state index is 12.8. The number of carbonyl (C=O) groups is 1. The highest BCUT2D eigenvalue weighted by Gasteiger charge is 2.24. The zero-order valence-corrected chi connectivity index (χ0v) is 15.4. The lowest BCUT2D eigenvalue weighted by molar-refractivity contribution is 0.0745. The van der Waals surface area contributed by atoms with Crippen molar-refractivity contribution in [2.75, 3.05) is 36.5 Å². The molecule has 1 aromatic heterocycles. The van der Waals surface area contributed by atoms with E-state index in [1.165, 1.54) is 16.8 Å². The summed E-state index contributed by atoms with van der Waals surface area (Å²) < 4.78 is 0. The number of nitrogens with one attached hydrogen (secondary N) is 2. The van der Waals surface area contributed by atoms with Gasteiger partial charge in [0.15, 0.2) is 0 Å². The molecule has 3 rings (SSSR count). The maximum absolute atomic E-state index is 12.8. The van der Waals surface area contributed by atoms with Crippen molar-refractivity contribution in [2.45, 2.75) is 20.8 Å². The second kappa shape index (κ2) is 7.51. The van der Waals surface area contributed by atoms with Gasteiger partial charge in [-0.05, 0) is 44.5 Å². The van der Waals surface area contributed by atoms with Crippen LogP contribution in [0.25, 0.3) is 0 Å². The molecule has 1 aliphatic heterocycles. The molecule has 0 atom stereocenters. The van der Waals surface area contributed by atoms with Crippen LogP contribution in [0.1, 0.15) is 27.2 Å². The van der Waals surface area contributed by atoms with Crippen LogP contribution in [0.15, 0.2) is 35.6 Å². The zero-order chi connectivity index (χ0) is 18.7. The predicted octanol–water partition coefficient (Wildman–Crippen LogP) is 3.33. The molecular formula is C19H24N6O. The van der Waals surface area contributed by atoms with Gasteiger partial charge in [0.2, 0.25) is 0 Å². The van der Waals surface area contributed by atoms with Crippen LogP contribution < -0.4 is 10.3 Å². The van der Waals surface area contributed by atoms with Crippen LogP contribution in [0.3, 0.4) is 0 Å². The monoisotopic (exact) mass is 352 g/mol. The highest BCUT2D eigenvalue weighted by Crippen LogP contribution is 2.23. The van der Waals surface area contributed by atoms with Gasteiger partial charge in [0.25, 0.3) is 5.91 Å². The summed E-state index contributed by atoms with van der Waals surface area (Å²) in [7, 11) is 0. The van der Waals surface area contributed by atoms with Gasteiger partial charge in [-0.15, -0.1) is 0 Å². The van der Waals surface area contributed by atoms with Crippen molar-refractivity contribution in [1.82, 2.24) is 9.88 Å². The minimum absolute atomic E-state index is 0.00430. The summed E-state index contributed by atoms with van der Waals surface area (Å²) in [5.74, 6) is 0.471. The Kier molecular flexibility index (Phi) is 5.16. The minimum Gasteiger partial charge on any atom is -0.368 e. The molecule has 1 saturated heterocycles. The third kappa shape index (κ3) is 3.66. The highest BCUT2D eigenvalue weighted by molar-refractivity contribution is 5.95.